The van der Waals surface area contributed by atoms with Gasteiger partial charge in [-0.15, -0.1) is 0 Å². The molecule has 7 nitrogen and oxygen atoms in total. The molecule has 0 unspecified atom stereocenters. The third kappa shape index (κ3) is 4.91. The summed E-state index contributed by atoms with van der Waals surface area (Å²) in [5.41, 5.74) is 0.986. The number of benzene rings is 2. The minimum atomic E-state index is -0.398. The highest BCUT2D eigenvalue weighted by molar-refractivity contribution is 9.10. The van der Waals surface area contributed by atoms with Crippen LogP contribution in [0.15, 0.2) is 40.9 Å². The van der Waals surface area contributed by atoms with Gasteiger partial charge in [-0.1, -0.05) is 0 Å². The monoisotopic (exact) mass is 435 g/mol. The number of nitrogens with one attached hydrogen (secondary N) is 1. The number of hydrogen-bond donors (Lipinski definition) is 1. The van der Waals surface area contributed by atoms with Crippen LogP contribution in [0.2, 0.25) is 0 Å². The molecule has 2 aromatic rings. The van der Waals surface area contributed by atoms with Crippen LogP contribution >= 0.6 is 15.9 Å². The van der Waals surface area contributed by atoms with Crippen molar-refractivity contribution in [3.8, 4) is 17.2 Å². The van der Waals surface area contributed by atoms with Crippen LogP contribution in [0.5, 0.6) is 17.2 Å². The van der Waals surface area contributed by atoms with Crippen molar-refractivity contribution >= 4 is 33.5 Å². The van der Waals surface area contributed by atoms with Crippen LogP contribution in [-0.2, 0) is 9.53 Å². The van der Waals surface area contributed by atoms with E-state index in [1.807, 2.05) is 0 Å². The molecule has 0 aliphatic carbocycles. The maximum atomic E-state index is 12.2. The smallest absolute Gasteiger partial charge is 0.338 e. The number of fused-ring (bicyclic) bond motifs is 1. The Bertz CT molecular complexity index is 837. The van der Waals surface area contributed by atoms with Crippen molar-refractivity contribution in [1.29, 1.82) is 0 Å². The van der Waals surface area contributed by atoms with E-state index in [4.69, 9.17) is 18.9 Å². The maximum absolute atomic E-state index is 12.2. The lowest BCUT2D eigenvalue weighted by Crippen LogP contribution is -2.21. The second-order valence-corrected chi connectivity index (χ2v) is 6.41. The van der Waals surface area contributed by atoms with Crippen LogP contribution in [0.3, 0.4) is 0 Å². The molecule has 8 heteroatoms. The zero-order chi connectivity index (χ0) is 19.2. The fraction of sp³-hybridized carbons (Fsp3) is 0.263. The number of hydrogen-bond acceptors (Lipinski definition) is 6. The third-order valence-electron chi connectivity index (χ3n) is 3.64. The third-order valence-corrected chi connectivity index (χ3v) is 4.30. The van der Waals surface area contributed by atoms with Crippen LogP contribution in [0, 0.1) is 0 Å². The summed E-state index contributed by atoms with van der Waals surface area (Å²) in [6.45, 7) is 2.83. The minimum Gasteiger partial charge on any atom is -0.486 e. The molecular weight excluding hydrogens is 418 g/mol. The van der Waals surface area contributed by atoms with Crippen LogP contribution < -0.4 is 19.5 Å². The van der Waals surface area contributed by atoms with Crippen molar-refractivity contribution in [2.75, 3.05) is 31.7 Å². The molecule has 1 aliphatic heterocycles. The van der Waals surface area contributed by atoms with Gasteiger partial charge in [0.1, 0.15) is 19.0 Å². The summed E-state index contributed by atoms with van der Waals surface area (Å²) in [6.07, 6.45) is 0. The Morgan fingerprint density at radius 2 is 1.78 bits per heavy atom. The van der Waals surface area contributed by atoms with Gasteiger partial charge in [-0.2, -0.15) is 0 Å². The number of carbonyl (C=O) groups is 2. The van der Waals surface area contributed by atoms with Crippen LogP contribution in [-0.4, -0.2) is 38.3 Å². The first kappa shape index (κ1) is 19.0. The molecule has 1 N–H and O–H groups in total. The first-order chi connectivity index (χ1) is 13.1. The van der Waals surface area contributed by atoms with Crippen molar-refractivity contribution in [2.45, 2.75) is 6.92 Å². The number of amides is 1. The summed E-state index contributed by atoms with van der Waals surface area (Å²) in [6, 6.07) is 9.84. The van der Waals surface area contributed by atoms with E-state index >= 15 is 0 Å². The fourth-order valence-corrected chi connectivity index (χ4v) is 2.82. The van der Waals surface area contributed by atoms with Gasteiger partial charge in [0.15, 0.2) is 18.1 Å². The fourth-order valence-electron chi connectivity index (χ4n) is 2.40. The molecule has 3 rings (SSSR count). The maximum Gasteiger partial charge on any atom is 0.338 e. The summed E-state index contributed by atoms with van der Waals surface area (Å²) >= 11 is 3.40. The van der Waals surface area contributed by atoms with Crippen molar-refractivity contribution in [3.63, 3.8) is 0 Å². The summed E-state index contributed by atoms with van der Waals surface area (Å²) in [5, 5.41) is 2.76. The molecule has 0 saturated carbocycles. The van der Waals surface area contributed by atoms with Crippen LogP contribution in [0.1, 0.15) is 17.3 Å². The average Bonchev–Trinajstić information content (AvgIpc) is 2.67. The first-order valence-corrected chi connectivity index (χ1v) is 9.15. The highest BCUT2D eigenvalue weighted by Crippen LogP contribution is 2.38. The minimum absolute atomic E-state index is 0.181. The van der Waals surface area contributed by atoms with Crippen LogP contribution in [0.25, 0.3) is 0 Å². The number of esters is 1. The van der Waals surface area contributed by atoms with Crippen molar-refractivity contribution in [3.05, 3.63) is 46.4 Å². The van der Waals surface area contributed by atoms with Gasteiger partial charge in [0, 0.05) is 16.6 Å². The van der Waals surface area contributed by atoms with E-state index in [2.05, 4.69) is 21.2 Å². The normalized spacial score (nSPS) is 12.2. The molecule has 2 aromatic carbocycles. The van der Waals surface area contributed by atoms with Crippen molar-refractivity contribution < 1.29 is 28.5 Å². The molecule has 0 radical (unpaired) electrons. The van der Waals surface area contributed by atoms with E-state index in [-0.39, 0.29) is 12.5 Å². The van der Waals surface area contributed by atoms with Gasteiger partial charge in [0.25, 0.3) is 5.91 Å². The number of halogens is 1. The van der Waals surface area contributed by atoms with Crippen molar-refractivity contribution in [1.82, 2.24) is 0 Å². The van der Waals surface area contributed by atoms with E-state index in [9.17, 15) is 9.59 Å². The van der Waals surface area contributed by atoms with E-state index in [0.29, 0.717) is 52.8 Å². The van der Waals surface area contributed by atoms with Gasteiger partial charge in [-0.3, -0.25) is 4.79 Å². The van der Waals surface area contributed by atoms with Gasteiger partial charge in [-0.05, 0) is 47.1 Å². The van der Waals surface area contributed by atoms with Gasteiger partial charge < -0.3 is 24.3 Å². The topological polar surface area (TPSA) is 83.1 Å². The summed E-state index contributed by atoms with van der Waals surface area (Å²) in [7, 11) is 0. The molecule has 0 fully saturated rings. The second-order valence-electron chi connectivity index (χ2n) is 5.56. The molecule has 1 amide bonds. The summed E-state index contributed by atoms with van der Waals surface area (Å²) in [5.74, 6) is 0.950. The molecule has 0 spiro atoms. The molecule has 142 valence electrons. The lowest BCUT2D eigenvalue weighted by Gasteiger charge is -2.20. The Morgan fingerprint density at radius 3 is 2.44 bits per heavy atom. The quantitative estimate of drug-likeness (QED) is 0.699. The molecule has 0 aromatic heterocycles. The van der Waals surface area contributed by atoms with E-state index in [1.54, 1.807) is 43.3 Å². The SMILES string of the molecule is CCOC(=O)c1ccc(OCC(=O)Nc2cc3c(cc2Br)OCCO3)cc1. The second kappa shape index (κ2) is 8.77. The average molecular weight is 436 g/mol. The van der Waals surface area contributed by atoms with Gasteiger partial charge in [0.2, 0.25) is 0 Å². The lowest BCUT2D eigenvalue weighted by atomic mass is 10.2. The summed E-state index contributed by atoms with van der Waals surface area (Å²) < 4.78 is 22.0. The molecule has 1 aliphatic rings. The van der Waals surface area contributed by atoms with E-state index in [1.165, 1.54) is 0 Å². The molecule has 0 atom stereocenters. The molecule has 27 heavy (non-hydrogen) atoms. The molecular formula is C19H18BrNO6. The summed E-state index contributed by atoms with van der Waals surface area (Å²) in [4.78, 5) is 23.8. The van der Waals surface area contributed by atoms with Crippen LogP contribution in [0.4, 0.5) is 5.69 Å². The zero-order valence-corrected chi connectivity index (χ0v) is 16.2. The molecule has 0 bridgehead atoms. The van der Waals surface area contributed by atoms with E-state index < -0.39 is 5.97 Å². The number of rotatable bonds is 6. The highest BCUT2D eigenvalue weighted by Gasteiger charge is 2.16. The molecule has 1 heterocycles. The predicted molar refractivity (Wildman–Crippen MR) is 102 cm³/mol. The number of carbonyl (C=O) groups excluding carboxylic acids is 2. The number of anilines is 1. The Balaban J connectivity index is 1.56. The van der Waals surface area contributed by atoms with Gasteiger partial charge in [-0.25, -0.2) is 4.79 Å². The number of ether oxygens (including phenoxy) is 4. The predicted octanol–water partition coefficient (Wildman–Crippen LogP) is 3.41. The Hall–Kier alpha value is -2.74. The highest BCUT2D eigenvalue weighted by atomic mass is 79.9. The Morgan fingerprint density at radius 1 is 1.11 bits per heavy atom. The first-order valence-electron chi connectivity index (χ1n) is 8.36. The van der Waals surface area contributed by atoms with Gasteiger partial charge >= 0.3 is 5.97 Å². The Kier molecular flexibility index (Phi) is 6.18. The lowest BCUT2D eigenvalue weighted by molar-refractivity contribution is -0.118. The Labute approximate surface area is 164 Å². The van der Waals surface area contributed by atoms with E-state index in [0.717, 1.165) is 0 Å². The zero-order valence-electron chi connectivity index (χ0n) is 14.6. The standard InChI is InChI=1S/C19H18BrNO6/c1-2-24-19(23)12-3-5-13(6-4-12)27-11-18(22)21-15-10-17-16(9-14(15)20)25-7-8-26-17/h3-6,9-10H,2,7-8,11H2,1H3,(H,21,22). The largest absolute Gasteiger partial charge is 0.486 e. The van der Waals surface area contributed by atoms with Gasteiger partial charge in [0.05, 0.1) is 17.9 Å². The van der Waals surface area contributed by atoms with Crippen molar-refractivity contribution in [2.24, 2.45) is 0 Å². The molecule has 0 saturated heterocycles.